The average Bonchev–Trinajstić information content (AvgIpc) is 2.23. The fourth-order valence-corrected chi connectivity index (χ4v) is 2.02. The summed E-state index contributed by atoms with van der Waals surface area (Å²) in [7, 11) is 1.41. The zero-order valence-electron chi connectivity index (χ0n) is 9.75. The number of esters is 1. The van der Waals surface area contributed by atoms with Crippen molar-refractivity contribution in [3.05, 3.63) is 34.9 Å². The number of ether oxygens (including phenoxy) is 1. The lowest BCUT2D eigenvalue weighted by atomic mass is 9.92. The fraction of sp³-hybridized carbons (Fsp3) is 0.462. The summed E-state index contributed by atoms with van der Waals surface area (Å²) >= 11 is 0. The van der Waals surface area contributed by atoms with Gasteiger partial charge in [0.2, 0.25) is 0 Å². The maximum atomic E-state index is 11.4. The van der Waals surface area contributed by atoms with Crippen LogP contribution in [0.25, 0.3) is 0 Å². The van der Waals surface area contributed by atoms with E-state index in [1.165, 1.54) is 12.7 Å². The van der Waals surface area contributed by atoms with Crippen LogP contribution >= 0.6 is 0 Å². The lowest BCUT2D eigenvalue weighted by Gasteiger charge is -2.27. The molecule has 0 bridgehead atoms. The lowest BCUT2D eigenvalue weighted by molar-refractivity contribution is 0.0600. The smallest absolute Gasteiger partial charge is 0.338 e. The third-order valence-corrected chi connectivity index (χ3v) is 3.09. The van der Waals surface area contributed by atoms with E-state index in [0.29, 0.717) is 5.56 Å². The highest BCUT2D eigenvalue weighted by Crippen LogP contribution is 2.17. The van der Waals surface area contributed by atoms with E-state index in [9.17, 15) is 4.79 Å². The van der Waals surface area contributed by atoms with Crippen molar-refractivity contribution >= 4 is 5.97 Å². The molecule has 1 aromatic carbocycles. The zero-order chi connectivity index (χ0) is 11.5. The van der Waals surface area contributed by atoms with Gasteiger partial charge in [0, 0.05) is 0 Å². The van der Waals surface area contributed by atoms with E-state index in [2.05, 4.69) is 11.4 Å². The lowest BCUT2D eigenvalue weighted by Crippen LogP contribution is -2.43. The average molecular weight is 219 g/mol. The third kappa shape index (κ3) is 2.25. The van der Waals surface area contributed by atoms with Gasteiger partial charge in [-0.3, -0.25) is 0 Å². The first kappa shape index (κ1) is 11.1. The Bertz CT molecular complexity index is 397. The molecule has 1 N–H and O–H groups in total. The van der Waals surface area contributed by atoms with Gasteiger partial charge in [0.25, 0.3) is 0 Å². The van der Waals surface area contributed by atoms with Gasteiger partial charge >= 0.3 is 5.97 Å². The molecule has 86 valence electrons. The van der Waals surface area contributed by atoms with E-state index in [1.807, 2.05) is 19.1 Å². The molecule has 0 aliphatic carbocycles. The van der Waals surface area contributed by atoms with Crippen LogP contribution in [-0.2, 0) is 11.2 Å². The second kappa shape index (κ2) is 4.66. The number of hydrogen-bond donors (Lipinski definition) is 1. The normalized spacial score (nSPS) is 15.6. The standard InChI is InChI=1S/C13H17NO2/c1-9-5-10(6-11-7-14-8-11)3-4-12(9)13(15)16-2/h3-5,11,14H,6-8H2,1-2H3. The number of hydrogen-bond acceptors (Lipinski definition) is 3. The summed E-state index contributed by atoms with van der Waals surface area (Å²) in [5.74, 6) is 0.498. The van der Waals surface area contributed by atoms with E-state index < -0.39 is 0 Å². The Morgan fingerprint density at radius 2 is 2.25 bits per heavy atom. The van der Waals surface area contributed by atoms with Gasteiger partial charge in [0.05, 0.1) is 12.7 Å². The first-order valence-corrected chi connectivity index (χ1v) is 5.59. The van der Waals surface area contributed by atoms with Crippen LogP contribution < -0.4 is 5.32 Å². The van der Waals surface area contributed by atoms with Crippen LogP contribution in [0.5, 0.6) is 0 Å². The van der Waals surface area contributed by atoms with Gasteiger partial charge < -0.3 is 10.1 Å². The Balaban J connectivity index is 2.11. The minimum absolute atomic E-state index is 0.255. The molecule has 1 aliphatic heterocycles. The van der Waals surface area contributed by atoms with Crippen LogP contribution in [0.1, 0.15) is 21.5 Å². The number of carbonyl (C=O) groups excluding carboxylic acids is 1. The predicted octanol–water partition coefficient (Wildman–Crippen LogP) is 1.54. The van der Waals surface area contributed by atoms with Crippen LogP contribution in [0.15, 0.2) is 18.2 Å². The van der Waals surface area contributed by atoms with E-state index in [0.717, 1.165) is 31.0 Å². The molecule has 1 saturated heterocycles. The summed E-state index contributed by atoms with van der Waals surface area (Å²) in [6.07, 6.45) is 1.09. The molecule has 1 heterocycles. The Hall–Kier alpha value is -1.35. The van der Waals surface area contributed by atoms with Crippen molar-refractivity contribution in [2.75, 3.05) is 20.2 Å². The minimum atomic E-state index is -0.255. The first-order chi connectivity index (χ1) is 7.70. The van der Waals surface area contributed by atoms with Gasteiger partial charge in [-0.25, -0.2) is 4.79 Å². The number of methoxy groups -OCH3 is 1. The van der Waals surface area contributed by atoms with Crippen molar-refractivity contribution in [1.29, 1.82) is 0 Å². The van der Waals surface area contributed by atoms with E-state index in [-0.39, 0.29) is 5.97 Å². The quantitative estimate of drug-likeness (QED) is 0.784. The van der Waals surface area contributed by atoms with Crippen molar-refractivity contribution < 1.29 is 9.53 Å². The predicted molar refractivity (Wildman–Crippen MR) is 62.6 cm³/mol. The first-order valence-electron chi connectivity index (χ1n) is 5.59. The number of carbonyl (C=O) groups is 1. The largest absolute Gasteiger partial charge is 0.465 e. The van der Waals surface area contributed by atoms with Crippen molar-refractivity contribution in [2.24, 2.45) is 5.92 Å². The molecule has 16 heavy (non-hydrogen) atoms. The number of rotatable bonds is 3. The van der Waals surface area contributed by atoms with Gasteiger partial charge in [-0.2, -0.15) is 0 Å². The van der Waals surface area contributed by atoms with Gasteiger partial charge in [0.1, 0.15) is 0 Å². The molecule has 2 rings (SSSR count). The Kier molecular flexibility index (Phi) is 3.25. The van der Waals surface area contributed by atoms with Crippen molar-refractivity contribution in [2.45, 2.75) is 13.3 Å². The van der Waals surface area contributed by atoms with Crippen LogP contribution in [0.4, 0.5) is 0 Å². The number of aryl methyl sites for hydroxylation is 1. The second-order valence-electron chi connectivity index (χ2n) is 4.37. The molecule has 3 heteroatoms. The molecular weight excluding hydrogens is 202 g/mol. The maximum absolute atomic E-state index is 11.4. The molecule has 3 nitrogen and oxygen atoms in total. The third-order valence-electron chi connectivity index (χ3n) is 3.09. The summed E-state index contributed by atoms with van der Waals surface area (Å²) in [6, 6.07) is 5.98. The Labute approximate surface area is 95.8 Å². The minimum Gasteiger partial charge on any atom is -0.465 e. The summed E-state index contributed by atoms with van der Waals surface area (Å²) in [5, 5.41) is 3.26. The van der Waals surface area contributed by atoms with Gasteiger partial charge in [-0.15, -0.1) is 0 Å². The van der Waals surface area contributed by atoms with Gasteiger partial charge in [-0.05, 0) is 49.5 Å². The molecule has 0 atom stereocenters. The summed E-state index contributed by atoms with van der Waals surface area (Å²) in [5.41, 5.74) is 2.96. The van der Waals surface area contributed by atoms with E-state index >= 15 is 0 Å². The summed E-state index contributed by atoms with van der Waals surface area (Å²) in [4.78, 5) is 11.4. The van der Waals surface area contributed by atoms with E-state index in [1.54, 1.807) is 0 Å². The SMILES string of the molecule is COC(=O)c1ccc(CC2CNC2)cc1C. The topological polar surface area (TPSA) is 38.3 Å². The molecule has 1 aliphatic rings. The van der Waals surface area contributed by atoms with Crippen LogP contribution in [0, 0.1) is 12.8 Å². The monoisotopic (exact) mass is 219 g/mol. The van der Waals surface area contributed by atoms with Gasteiger partial charge in [-0.1, -0.05) is 12.1 Å². The van der Waals surface area contributed by atoms with E-state index in [4.69, 9.17) is 4.74 Å². The highest BCUT2D eigenvalue weighted by atomic mass is 16.5. The molecule has 0 aromatic heterocycles. The molecule has 1 aromatic rings. The van der Waals surface area contributed by atoms with Crippen LogP contribution in [0.2, 0.25) is 0 Å². The van der Waals surface area contributed by atoms with Crippen molar-refractivity contribution in [1.82, 2.24) is 5.32 Å². The Morgan fingerprint density at radius 3 is 2.75 bits per heavy atom. The van der Waals surface area contributed by atoms with Crippen molar-refractivity contribution in [3.8, 4) is 0 Å². The second-order valence-corrected chi connectivity index (χ2v) is 4.37. The number of nitrogens with one attached hydrogen (secondary N) is 1. The fourth-order valence-electron chi connectivity index (χ4n) is 2.02. The summed E-state index contributed by atoms with van der Waals surface area (Å²) < 4.78 is 4.72. The van der Waals surface area contributed by atoms with Gasteiger partial charge in [0.15, 0.2) is 0 Å². The highest BCUT2D eigenvalue weighted by molar-refractivity contribution is 5.90. The summed E-state index contributed by atoms with van der Waals surface area (Å²) in [6.45, 7) is 4.17. The molecule has 0 saturated carbocycles. The molecule has 0 radical (unpaired) electrons. The molecule has 1 fully saturated rings. The molecular formula is C13H17NO2. The molecule has 0 unspecified atom stereocenters. The molecule has 0 amide bonds. The molecule has 0 spiro atoms. The number of benzene rings is 1. The maximum Gasteiger partial charge on any atom is 0.338 e. The Morgan fingerprint density at radius 1 is 1.50 bits per heavy atom. The van der Waals surface area contributed by atoms with Crippen molar-refractivity contribution in [3.63, 3.8) is 0 Å². The van der Waals surface area contributed by atoms with Crippen LogP contribution in [0.3, 0.4) is 0 Å². The van der Waals surface area contributed by atoms with Crippen LogP contribution in [-0.4, -0.2) is 26.2 Å². The highest BCUT2D eigenvalue weighted by Gasteiger charge is 2.17. The zero-order valence-corrected chi connectivity index (χ0v) is 9.75.